The molecule has 0 aliphatic carbocycles. The molecule has 0 saturated heterocycles. The van der Waals surface area contributed by atoms with E-state index < -0.39 is 0 Å². The van der Waals surface area contributed by atoms with Crippen LogP contribution in [0.15, 0.2) is 35.1 Å². The maximum atomic E-state index is 8.75. The van der Waals surface area contributed by atoms with Crippen LogP contribution in [0.25, 0.3) is 23.1 Å². The van der Waals surface area contributed by atoms with E-state index >= 15 is 0 Å². The molecule has 92 valence electrons. The lowest BCUT2D eigenvalue weighted by atomic mass is 10.3. The molecule has 0 atom stereocenters. The summed E-state index contributed by atoms with van der Waals surface area (Å²) in [6.45, 7) is 0. The van der Waals surface area contributed by atoms with Crippen LogP contribution < -0.4 is 0 Å². The van der Waals surface area contributed by atoms with Gasteiger partial charge in [-0.05, 0) is 18.2 Å². The number of aromatic nitrogens is 4. The highest BCUT2D eigenvalue weighted by molar-refractivity contribution is 6.30. The Labute approximate surface area is 112 Å². The molecule has 0 aliphatic heterocycles. The van der Waals surface area contributed by atoms with Crippen LogP contribution in [-0.4, -0.2) is 20.1 Å². The van der Waals surface area contributed by atoms with E-state index in [4.69, 9.17) is 21.4 Å². The van der Waals surface area contributed by atoms with Gasteiger partial charge >= 0.3 is 0 Å². The number of hydrogen-bond acceptors (Lipinski definition) is 5. The Bertz CT molecular complexity index is 753. The third-order valence-electron chi connectivity index (χ3n) is 2.43. The number of rotatable bonds is 2. The van der Waals surface area contributed by atoms with Crippen molar-refractivity contribution in [3.8, 4) is 29.2 Å². The Kier molecular flexibility index (Phi) is 2.74. The number of H-pyrrole nitrogens is 1. The minimum absolute atomic E-state index is 0.299. The lowest BCUT2D eigenvalue weighted by Crippen LogP contribution is -1.85. The molecule has 6 nitrogen and oxygen atoms in total. The van der Waals surface area contributed by atoms with Crippen molar-refractivity contribution in [3.05, 3.63) is 41.2 Å². The monoisotopic (exact) mass is 271 g/mol. The van der Waals surface area contributed by atoms with Gasteiger partial charge in [-0.1, -0.05) is 16.8 Å². The van der Waals surface area contributed by atoms with Crippen molar-refractivity contribution >= 4 is 11.6 Å². The van der Waals surface area contributed by atoms with Crippen LogP contribution in [0.5, 0.6) is 0 Å². The third-order valence-corrected chi connectivity index (χ3v) is 2.65. The Morgan fingerprint density at radius 3 is 2.95 bits per heavy atom. The third kappa shape index (κ3) is 2.19. The Hall–Kier alpha value is -2.65. The zero-order chi connectivity index (χ0) is 13.2. The average molecular weight is 272 g/mol. The standard InChI is InChI=1S/C12H6ClN5O/c13-8-1-2-9(16-6-8)11-17-12(19-18-11)10-3-7(4-14)5-15-10/h1-3,5-6,15H. The zero-order valence-corrected chi connectivity index (χ0v) is 10.2. The summed E-state index contributed by atoms with van der Waals surface area (Å²) in [5.74, 6) is 0.660. The predicted molar refractivity (Wildman–Crippen MR) is 67.0 cm³/mol. The summed E-state index contributed by atoms with van der Waals surface area (Å²) in [5, 5.41) is 13.1. The molecular weight excluding hydrogens is 266 g/mol. The Morgan fingerprint density at radius 1 is 1.37 bits per heavy atom. The van der Waals surface area contributed by atoms with Crippen molar-refractivity contribution in [1.82, 2.24) is 20.1 Å². The number of nitrogens with zero attached hydrogens (tertiary/aromatic N) is 4. The SMILES string of the molecule is N#Cc1c[nH]c(-c2nc(-c3ccc(Cl)cn3)no2)c1. The molecule has 0 aromatic carbocycles. The van der Waals surface area contributed by atoms with Gasteiger partial charge in [0.2, 0.25) is 5.82 Å². The van der Waals surface area contributed by atoms with Crippen molar-refractivity contribution in [2.24, 2.45) is 0 Å². The molecule has 0 amide bonds. The number of pyridine rings is 1. The van der Waals surface area contributed by atoms with Crippen LogP contribution in [0.4, 0.5) is 0 Å². The molecule has 3 aromatic rings. The molecule has 7 heteroatoms. The summed E-state index contributed by atoms with van der Waals surface area (Å²) >= 11 is 5.76. The number of aromatic amines is 1. The zero-order valence-electron chi connectivity index (χ0n) is 9.46. The number of nitrogens with one attached hydrogen (secondary N) is 1. The van der Waals surface area contributed by atoms with Crippen LogP contribution in [-0.2, 0) is 0 Å². The number of halogens is 1. The smallest absolute Gasteiger partial charge is 0.274 e. The minimum Gasteiger partial charge on any atom is -0.356 e. The summed E-state index contributed by atoms with van der Waals surface area (Å²) in [7, 11) is 0. The second kappa shape index (κ2) is 4.55. The first-order valence-electron chi connectivity index (χ1n) is 5.31. The largest absolute Gasteiger partial charge is 0.356 e. The van der Waals surface area contributed by atoms with Gasteiger partial charge < -0.3 is 9.51 Å². The fraction of sp³-hybridized carbons (Fsp3) is 0. The van der Waals surface area contributed by atoms with Crippen molar-refractivity contribution in [1.29, 1.82) is 5.26 Å². The predicted octanol–water partition coefficient (Wildman–Crippen LogP) is 2.65. The van der Waals surface area contributed by atoms with Gasteiger partial charge in [0.25, 0.3) is 5.89 Å². The van der Waals surface area contributed by atoms with Crippen LogP contribution >= 0.6 is 11.6 Å². The van der Waals surface area contributed by atoms with E-state index in [1.807, 2.05) is 6.07 Å². The fourth-order valence-electron chi connectivity index (χ4n) is 1.53. The molecule has 19 heavy (non-hydrogen) atoms. The van der Waals surface area contributed by atoms with Crippen LogP contribution in [0.3, 0.4) is 0 Å². The summed E-state index contributed by atoms with van der Waals surface area (Å²) in [4.78, 5) is 11.2. The molecule has 3 aromatic heterocycles. The van der Waals surface area contributed by atoms with E-state index in [2.05, 4.69) is 20.1 Å². The molecule has 0 saturated carbocycles. The molecule has 3 heterocycles. The maximum absolute atomic E-state index is 8.75. The van der Waals surface area contributed by atoms with Gasteiger partial charge in [0.05, 0.1) is 10.6 Å². The van der Waals surface area contributed by atoms with E-state index in [0.717, 1.165) is 0 Å². The second-order valence-electron chi connectivity index (χ2n) is 3.70. The molecule has 0 aliphatic rings. The molecule has 0 fully saturated rings. The quantitative estimate of drug-likeness (QED) is 0.773. The van der Waals surface area contributed by atoms with Crippen molar-refractivity contribution < 1.29 is 4.52 Å². The molecule has 0 radical (unpaired) electrons. The van der Waals surface area contributed by atoms with Gasteiger partial charge in [0.15, 0.2) is 0 Å². The van der Waals surface area contributed by atoms with Crippen molar-refractivity contribution in [2.75, 3.05) is 0 Å². The van der Waals surface area contributed by atoms with Crippen LogP contribution in [0.1, 0.15) is 5.56 Å². The van der Waals surface area contributed by atoms with Crippen LogP contribution in [0, 0.1) is 11.3 Å². The average Bonchev–Trinajstić information content (AvgIpc) is 3.08. The van der Waals surface area contributed by atoms with Gasteiger partial charge in [-0.25, -0.2) is 0 Å². The van der Waals surface area contributed by atoms with Crippen LogP contribution in [0.2, 0.25) is 5.02 Å². The molecule has 3 rings (SSSR count). The fourth-order valence-corrected chi connectivity index (χ4v) is 1.64. The first-order valence-corrected chi connectivity index (χ1v) is 5.68. The summed E-state index contributed by atoms with van der Waals surface area (Å²) in [6, 6.07) is 7.04. The Morgan fingerprint density at radius 2 is 2.26 bits per heavy atom. The van der Waals surface area contributed by atoms with E-state index in [0.29, 0.717) is 33.7 Å². The summed E-state index contributed by atoms with van der Waals surface area (Å²) in [5.41, 5.74) is 1.65. The van der Waals surface area contributed by atoms with Gasteiger partial charge in [-0.15, -0.1) is 0 Å². The lowest BCUT2D eigenvalue weighted by molar-refractivity contribution is 0.431. The van der Waals surface area contributed by atoms with Crippen molar-refractivity contribution in [3.63, 3.8) is 0 Å². The first kappa shape index (κ1) is 11.4. The van der Waals surface area contributed by atoms with Gasteiger partial charge in [-0.3, -0.25) is 4.98 Å². The first-order chi connectivity index (χ1) is 9.26. The molecule has 0 unspecified atom stereocenters. The van der Waals surface area contributed by atoms with E-state index in [-0.39, 0.29) is 0 Å². The van der Waals surface area contributed by atoms with E-state index in [9.17, 15) is 0 Å². The summed E-state index contributed by atoms with van der Waals surface area (Å²) in [6.07, 6.45) is 3.08. The highest BCUT2D eigenvalue weighted by Gasteiger charge is 2.13. The highest BCUT2D eigenvalue weighted by atomic mass is 35.5. The Balaban J connectivity index is 1.95. The molecular formula is C12H6ClN5O. The second-order valence-corrected chi connectivity index (χ2v) is 4.14. The number of hydrogen-bond donors (Lipinski definition) is 1. The minimum atomic E-state index is 0.299. The van der Waals surface area contributed by atoms with Gasteiger partial charge in [-0.2, -0.15) is 10.2 Å². The molecule has 0 spiro atoms. The molecule has 1 N–H and O–H groups in total. The van der Waals surface area contributed by atoms with E-state index in [1.165, 1.54) is 6.20 Å². The van der Waals surface area contributed by atoms with E-state index in [1.54, 1.807) is 24.4 Å². The number of nitriles is 1. The molecule has 0 bridgehead atoms. The highest BCUT2D eigenvalue weighted by Crippen LogP contribution is 2.21. The summed E-state index contributed by atoms with van der Waals surface area (Å²) < 4.78 is 5.12. The lowest BCUT2D eigenvalue weighted by Gasteiger charge is -1.92. The van der Waals surface area contributed by atoms with Gasteiger partial charge in [0.1, 0.15) is 17.5 Å². The topological polar surface area (TPSA) is 91.4 Å². The van der Waals surface area contributed by atoms with Gasteiger partial charge in [0, 0.05) is 12.4 Å². The normalized spacial score (nSPS) is 10.3. The van der Waals surface area contributed by atoms with Crippen molar-refractivity contribution in [2.45, 2.75) is 0 Å². The maximum Gasteiger partial charge on any atom is 0.274 e.